The molecule has 2 aliphatic heterocycles. The fourth-order valence-electron chi connectivity index (χ4n) is 5.56. The Kier molecular flexibility index (Phi) is 5.88. The summed E-state index contributed by atoms with van der Waals surface area (Å²) >= 11 is 0. The molecular weight excluding hydrogens is 435 g/mol. The second-order valence-corrected chi connectivity index (χ2v) is 9.32. The van der Waals surface area contributed by atoms with E-state index in [1.54, 1.807) is 10.7 Å². The summed E-state index contributed by atoms with van der Waals surface area (Å²) in [6.07, 6.45) is 5.25. The van der Waals surface area contributed by atoms with Gasteiger partial charge in [0.2, 0.25) is 6.79 Å². The van der Waals surface area contributed by atoms with Gasteiger partial charge in [-0.15, -0.1) is 5.10 Å². The molecule has 34 heavy (non-hydrogen) atoms. The van der Waals surface area contributed by atoms with Crippen molar-refractivity contribution in [1.82, 2.24) is 30.0 Å². The standard InChI is InChI=1S/C25H29FN6O2/c26-21-8-4-3-7-20(21)24(31-13-11-30(12-14-31)19-5-1-2-6-19)25-27-28-29-32(25)16-18-9-10-22-23(15-18)34-17-33-22/h3-4,7-10,15,19,24H,1-2,5-6,11-14,16-17H2. The maximum absolute atomic E-state index is 15.1. The minimum atomic E-state index is -0.351. The first kappa shape index (κ1) is 21.5. The van der Waals surface area contributed by atoms with Gasteiger partial charge < -0.3 is 9.47 Å². The number of hydrogen-bond acceptors (Lipinski definition) is 7. The first-order valence-corrected chi connectivity index (χ1v) is 12.1. The molecule has 3 aromatic rings. The molecule has 1 saturated carbocycles. The molecule has 2 aromatic carbocycles. The summed E-state index contributed by atoms with van der Waals surface area (Å²) < 4.78 is 27.8. The van der Waals surface area contributed by atoms with Gasteiger partial charge in [-0.1, -0.05) is 37.1 Å². The molecule has 0 spiro atoms. The molecule has 3 heterocycles. The molecule has 0 N–H and O–H groups in total. The van der Waals surface area contributed by atoms with Gasteiger partial charge in [-0.3, -0.25) is 9.80 Å². The van der Waals surface area contributed by atoms with Gasteiger partial charge in [0, 0.05) is 37.8 Å². The fraction of sp³-hybridized carbons (Fsp3) is 0.480. The van der Waals surface area contributed by atoms with Crippen molar-refractivity contribution in [2.75, 3.05) is 33.0 Å². The van der Waals surface area contributed by atoms with E-state index in [9.17, 15) is 0 Å². The molecule has 3 aliphatic rings. The number of rotatable bonds is 6. The Morgan fingerprint density at radius 3 is 2.59 bits per heavy atom. The minimum absolute atomic E-state index is 0.233. The van der Waals surface area contributed by atoms with E-state index in [1.165, 1.54) is 31.7 Å². The second-order valence-electron chi connectivity index (χ2n) is 9.32. The fourth-order valence-corrected chi connectivity index (χ4v) is 5.56. The summed E-state index contributed by atoms with van der Waals surface area (Å²) in [4.78, 5) is 4.93. The summed E-state index contributed by atoms with van der Waals surface area (Å²) in [5.41, 5.74) is 1.61. The third-order valence-corrected chi connectivity index (χ3v) is 7.33. The van der Waals surface area contributed by atoms with Crippen molar-refractivity contribution in [3.63, 3.8) is 0 Å². The highest BCUT2D eigenvalue weighted by molar-refractivity contribution is 5.44. The number of benzene rings is 2. The van der Waals surface area contributed by atoms with Crippen LogP contribution < -0.4 is 9.47 Å². The van der Waals surface area contributed by atoms with Gasteiger partial charge in [0.1, 0.15) is 11.9 Å². The van der Waals surface area contributed by atoms with Crippen LogP contribution >= 0.6 is 0 Å². The Morgan fingerprint density at radius 2 is 1.76 bits per heavy atom. The van der Waals surface area contributed by atoms with Gasteiger partial charge in [-0.05, 0) is 47.0 Å². The maximum Gasteiger partial charge on any atom is 0.231 e. The Bertz CT molecular complexity index is 1140. The lowest BCUT2D eigenvalue weighted by Crippen LogP contribution is -2.51. The summed E-state index contributed by atoms with van der Waals surface area (Å²) in [5, 5.41) is 12.7. The first-order chi connectivity index (χ1) is 16.8. The van der Waals surface area contributed by atoms with E-state index in [4.69, 9.17) is 9.47 Å². The molecule has 2 fully saturated rings. The smallest absolute Gasteiger partial charge is 0.231 e. The van der Waals surface area contributed by atoms with Crippen molar-refractivity contribution >= 4 is 0 Å². The van der Waals surface area contributed by atoms with Crippen LogP contribution in [0, 0.1) is 5.82 Å². The van der Waals surface area contributed by atoms with Crippen LogP contribution in [-0.2, 0) is 6.54 Å². The number of fused-ring (bicyclic) bond motifs is 1. The van der Waals surface area contributed by atoms with Crippen molar-refractivity contribution in [2.45, 2.75) is 44.3 Å². The zero-order valence-electron chi connectivity index (χ0n) is 19.1. The minimum Gasteiger partial charge on any atom is -0.454 e. The van der Waals surface area contributed by atoms with Crippen LogP contribution in [0.25, 0.3) is 0 Å². The van der Waals surface area contributed by atoms with E-state index in [2.05, 4.69) is 25.3 Å². The molecular formula is C25H29FN6O2. The molecule has 178 valence electrons. The maximum atomic E-state index is 15.1. The number of aromatic nitrogens is 4. The summed E-state index contributed by atoms with van der Waals surface area (Å²) in [5.74, 6) is 1.88. The Labute approximate surface area is 198 Å². The molecule has 1 unspecified atom stereocenters. The molecule has 1 atom stereocenters. The van der Waals surface area contributed by atoms with Crippen molar-refractivity contribution < 1.29 is 13.9 Å². The average molecular weight is 465 g/mol. The van der Waals surface area contributed by atoms with Gasteiger partial charge in [-0.25, -0.2) is 9.07 Å². The van der Waals surface area contributed by atoms with Crippen LogP contribution in [-0.4, -0.2) is 69.0 Å². The third-order valence-electron chi connectivity index (χ3n) is 7.33. The zero-order chi connectivity index (χ0) is 22.9. The van der Waals surface area contributed by atoms with E-state index in [0.29, 0.717) is 24.0 Å². The van der Waals surface area contributed by atoms with E-state index in [-0.39, 0.29) is 18.7 Å². The zero-order valence-corrected chi connectivity index (χ0v) is 19.1. The number of piperazine rings is 1. The van der Waals surface area contributed by atoms with Crippen LogP contribution in [0.2, 0.25) is 0 Å². The SMILES string of the molecule is Fc1ccccc1C(c1nnnn1Cc1ccc2c(c1)OCO2)N1CCN(C2CCCC2)CC1. The predicted octanol–water partition coefficient (Wildman–Crippen LogP) is 3.24. The van der Waals surface area contributed by atoms with Gasteiger partial charge >= 0.3 is 0 Å². The third kappa shape index (κ3) is 4.14. The second kappa shape index (κ2) is 9.31. The lowest BCUT2D eigenvalue weighted by Gasteiger charge is -2.41. The van der Waals surface area contributed by atoms with E-state index in [1.807, 2.05) is 30.3 Å². The summed E-state index contributed by atoms with van der Waals surface area (Å²) in [7, 11) is 0. The number of ether oxygens (including phenoxy) is 2. The quantitative estimate of drug-likeness (QED) is 0.555. The number of hydrogen-bond donors (Lipinski definition) is 0. The lowest BCUT2D eigenvalue weighted by atomic mass is 10.0. The molecule has 1 aliphatic carbocycles. The van der Waals surface area contributed by atoms with Crippen molar-refractivity contribution in [2.24, 2.45) is 0 Å². The van der Waals surface area contributed by atoms with Crippen molar-refractivity contribution in [3.05, 3.63) is 65.2 Å². The van der Waals surface area contributed by atoms with E-state index in [0.717, 1.165) is 43.2 Å². The highest BCUT2D eigenvalue weighted by Crippen LogP contribution is 2.34. The van der Waals surface area contributed by atoms with Crippen molar-refractivity contribution in [1.29, 1.82) is 0 Å². The molecule has 0 radical (unpaired) electrons. The van der Waals surface area contributed by atoms with Crippen LogP contribution in [0.3, 0.4) is 0 Å². The van der Waals surface area contributed by atoms with Crippen LogP contribution in [0.1, 0.15) is 48.7 Å². The van der Waals surface area contributed by atoms with Gasteiger partial charge in [0.05, 0.1) is 6.54 Å². The molecule has 0 bridgehead atoms. The summed E-state index contributed by atoms with van der Waals surface area (Å²) in [6, 6.07) is 13.2. The topological polar surface area (TPSA) is 68.5 Å². The highest BCUT2D eigenvalue weighted by atomic mass is 19.1. The van der Waals surface area contributed by atoms with Gasteiger partial charge in [0.25, 0.3) is 0 Å². The van der Waals surface area contributed by atoms with Crippen molar-refractivity contribution in [3.8, 4) is 11.5 Å². The number of tetrazole rings is 1. The monoisotopic (exact) mass is 464 g/mol. The van der Waals surface area contributed by atoms with Crippen LogP contribution in [0.15, 0.2) is 42.5 Å². The largest absolute Gasteiger partial charge is 0.454 e. The van der Waals surface area contributed by atoms with E-state index >= 15 is 4.39 Å². The first-order valence-electron chi connectivity index (χ1n) is 12.1. The Balaban J connectivity index is 1.28. The molecule has 0 amide bonds. The lowest BCUT2D eigenvalue weighted by molar-refractivity contribution is 0.0762. The van der Waals surface area contributed by atoms with Gasteiger partial charge in [-0.2, -0.15) is 0 Å². The number of nitrogens with zero attached hydrogens (tertiary/aromatic N) is 6. The normalized spacial score (nSPS) is 20.1. The van der Waals surface area contributed by atoms with Gasteiger partial charge in [0.15, 0.2) is 17.3 Å². The Morgan fingerprint density at radius 1 is 0.971 bits per heavy atom. The molecule has 9 heteroatoms. The number of halogens is 1. The van der Waals surface area contributed by atoms with E-state index < -0.39 is 0 Å². The average Bonchev–Trinajstić information content (AvgIpc) is 3.64. The van der Waals surface area contributed by atoms with Crippen LogP contribution in [0.4, 0.5) is 4.39 Å². The highest BCUT2D eigenvalue weighted by Gasteiger charge is 2.34. The molecule has 1 aromatic heterocycles. The summed E-state index contributed by atoms with van der Waals surface area (Å²) in [6.45, 7) is 4.38. The molecule has 8 nitrogen and oxygen atoms in total. The molecule has 6 rings (SSSR count). The predicted molar refractivity (Wildman–Crippen MR) is 123 cm³/mol. The van der Waals surface area contributed by atoms with Crippen LogP contribution in [0.5, 0.6) is 11.5 Å². The Hall–Kier alpha value is -3.04. The molecule has 1 saturated heterocycles.